The van der Waals surface area contributed by atoms with Crippen molar-refractivity contribution in [2.45, 2.75) is 6.42 Å². The van der Waals surface area contributed by atoms with E-state index in [9.17, 15) is 0 Å². The number of hydrogen-bond donors (Lipinski definition) is 0. The Kier molecular flexibility index (Phi) is 2.70. The number of benzene rings is 1. The predicted octanol–water partition coefficient (Wildman–Crippen LogP) is 2.21. The monoisotopic (exact) mass is 195 g/mol. The van der Waals surface area contributed by atoms with Crippen LogP contribution in [0, 0.1) is 11.3 Å². The van der Waals surface area contributed by atoms with Crippen LogP contribution in [0.3, 0.4) is 0 Å². The fourth-order valence-corrected chi connectivity index (χ4v) is 1.41. The summed E-state index contributed by atoms with van der Waals surface area (Å²) in [5, 5.41) is 8.67. The molecule has 3 heteroatoms. The van der Waals surface area contributed by atoms with Crippen LogP contribution < -0.4 is 0 Å². The maximum Gasteiger partial charge on any atom is 0.0928 e. The van der Waals surface area contributed by atoms with Gasteiger partial charge in [0, 0.05) is 18.0 Å². The highest BCUT2D eigenvalue weighted by Crippen LogP contribution is 2.18. The molecule has 2 aromatic rings. The summed E-state index contributed by atoms with van der Waals surface area (Å²) in [6.07, 6.45) is 3.54. The minimum absolute atomic E-state index is 0.290. The van der Waals surface area contributed by atoms with E-state index in [4.69, 9.17) is 5.26 Å². The molecule has 0 N–H and O–H groups in total. The lowest BCUT2D eigenvalue weighted by atomic mass is 10.1. The van der Waals surface area contributed by atoms with E-state index in [0.717, 1.165) is 17.0 Å². The molecule has 3 nitrogen and oxygen atoms in total. The second-order valence-electron chi connectivity index (χ2n) is 3.05. The highest BCUT2D eigenvalue weighted by molar-refractivity contribution is 5.61. The van der Waals surface area contributed by atoms with Crippen LogP contribution in [0.2, 0.25) is 0 Å². The largest absolute Gasteiger partial charge is 0.256 e. The van der Waals surface area contributed by atoms with Gasteiger partial charge < -0.3 is 0 Å². The van der Waals surface area contributed by atoms with Gasteiger partial charge in [-0.2, -0.15) is 5.26 Å². The van der Waals surface area contributed by atoms with Crippen molar-refractivity contribution in [1.29, 1.82) is 5.26 Å². The lowest BCUT2D eigenvalue weighted by molar-refractivity contribution is 1.07. The Morgan fingerprint density at radius 1 is 1.07 bits per heavy atom. The Morgan fingerprint density at radius 2 is 1.80 bits per heavy atom. The van der Waals surface area contributed by atoms with Crippen molar-refractivity contribution in [2.75, 3.05) is 0 Å². The highest BCUT2D eigenvalue weighted by atomic mass is 14.8. The SMILES string of the molecule is N#CCc1nccnc1-c1ccccc1. The maximum atomic E-state index is 8.67. The highest BCUT2D eigenvalue weighted by Gasteiger charge is 2.05. The fourth-order valence-electron chi connectivity index (χ4n) is 1.41. The molecular weight excluding hydrogens is 186 g/mol. The van der Waals surface area contributed by atoms with Crippen LogP contribution in [0.4, 0.5) is 0 Å². The molecule has 1 aromatic heterocycles. The first kappa shape index (κ1) is 9.35. The number of aromatic nitrogens is 2. The first-order valence-electron chi connectivity index (χ1n) is 4.64. The van der Waals surface area contributed by atoms with Crippen LogP contribution >= 0.6 is 0 Å². The summed E-state index contributed by atoms with van der Waals surface area (Å²) >= 11 is 0. The molecule has 15 heavy (non-hydrogen) atoms. The third kappa shape index (κ3) is 2.00. The summed E-state index contributed by atoms with van der Waals surface area (Å²) in [6.45, 7) is 0. The van der Waals surface area contributed by atoms with Crippen LogP contribution in [-0.2, 0) is 6.42 Å². The molecule has 0 bridgehead atoms. The summed E-state index contributed by atoms with van der Waals surface area (Å²) < 4.78 is 0. The van der Waals surface area contributed by atoms with E-state index < -0.39 is 0 Å². The maximum absolute atomic E-state index is 8.67. The van der Waals surface area contributed by atoms with Crippen molar-refractivity contribution in [3.05, 3.63) is 48.4 Å². The zero-order chi connectivity index (χ0) is 10.5. The first-order chi connectivity index (χ1) is 7.42. The quantitative estimate of drug-likeness (QED) is 0.738. The van der Waals surface area contributed by atoms with Crippen molar-refractivity contribution >= 4 is 0 Å². The molecule has 0 spiro atoms. The second-order valence-corrected chi connectivity index (χ2v) is 3.05. The average Bonchev–Trinajstić information content (AvgIpc) is 2.31. The van der Waals surface area contributed by atoms with E-state index in [1.54, 1.807) is 12.4 Å². The van der Waals surface area contributed by atoms with Crippen LogP contribution in [0.25, 0.3) is 11.3 Å². The van der Waals surface area contributed by atoms with Crippen LogP contribution in [0.15, 0.2) is 42.7 Å². The molecule has 2 rings (SSSR count). The van der Waals surface area contributed by atoms with Gasteiger partial charge in [0.1, 0.15) is 0 Å². The van der Waals surface area contributed by atoms with Gasteiger partial charge in [-0.1, -0.05) is 30.3 Å². The number of nitriles is 1. The molecule has 0 aliphatic carbocycles. The van der Waals surface area contributed by atoms with E-state index in [-0.39, 0.29) is 6.42 Å². The predicted molar refractivity (Wildman–Crippen MR) is 56.8 cm³/mol. The van der Waals surface area contributed by atoms with Gasteiger partial charge in [0.2, 0.25) is 0 Å². The Balaban J connectivity index is 2.49. The third-order valence-electron chi connectivity index (χ3n) is 2.07. The van der Waals surface area contributed by atoms with Gasteiger partial charge >= 0.3 is 0 Å². The van der Waals surface area contributed by atoms with E-state index in [2.05, 4.69) is 16.0 Å². The van der Waals surface area contributed by atoms with Crippen molar-refractivity contribution in [1.82, 2.24) is 9.97 Å². The minimum Gasteiger partial charge on any atom is -0.256 e. The summed E-state index contributed by atoms with van der Waals surface area (Å²) in [4.78, 5) is 8.41. The molecule has 0 aliphatic rings. The summed E-state index contributed by atoms with van der Waals surface area (Å²) in [5.74, 6) is 0. The van der Waals surface area contributed by atoms with Gasteiger partial charge in [-0.25, -0.2) is 0 Å². The number of rotatable bonds is 2. The Bertz CT molecular complexity index is 486. The van der Waals surface area contributed by atoms with Gasteiger partial charge in [-0.05, 0) is 0 Å². The number of nitrogens with zero attached hydrogens (tertiary/aromatic N) is 3. The van der Waals surface area contributed by atoms with Gasteiger partial charge in [0.25, 0.3) is 0 Å². The summed E-state index contributed by atoms with van der Waals surface area (Å²) in [6, 6.07) is 11.9. The van der Waals surface area contributed by atoms with E-state index >= 15 is 0 Å². The first-order valence-corrected chi connectivity index (χ1v) is 4.64. The van der Waals surface area contributed by atoms with Crippen molar-refractivity contribution < 1.29 is 0 Å². The average molecular weight is 195 g/mol. The van der Waals surface area contributed by atoms with Crippen molar-refractivity contribution in [2.24, 2.45) is 0 Å². The molecular formula is C12H9N3. The zero-order valence-electron chi connectivity index (χ0n) is 8.09. The second kappa shape index (κ2) is 4.34. The van der Waals surface area contributed by atoms with Crippen LogP contribution in [0.5, 0.6) is 0 Å². The van der Waals surface area contributed by atoms with E-state index in [1.807, 2.05) is 30.3 Å². The third-order valence-corrected chi connectivity index (χ3v) is 2.07. The standard InChI is InChI=1S/C12H9N3/c13-7-6-11-12(15-9-8-14-11)10-4-2-1-3-5-10/h1-5,8-9H,6H2. The molecule has 0 amide bonds. The Morgan fingerprint density at radius 3 is 2.53 bits per heavy atom. The molecule has 1 heterocycles. The molecule has 0 fully saturated rings. The molecule has 0 aliphatic heterocycles. The van der Waals surface area contributed by atoms with E-state index in [1.165, 1.54) is 0 Å². The van der Waals surface area contributed by atoms with Gasteiger partial charge in [0.05, 0.1) is 23.9 Å². The zero-order valence-corrected chi connectivity index (χ0v) is 8.09. The van der Waals surface area contributed by atoms with Gasteiger partial charge in [-0.3, -0.25) is 9.97 Å². The smallest absolute Gasteiger partial charge is 0.0928 e. The normalized spacial score (nSPS) is 9.53. The summed E-state index contributed by atoms with van der Waals surface area (Å²) in [5.41, 5.74) is 2.52. The summed E-state index contributed by atoms with van der Waals surface area (Å²) in [7, 11) is 0. The lowest BCUT2D eigenvalue weighted by Crippen LogP contribution is -1.95. The number of hydrogen-bond acceptors (Lipinski definition) is 3. The molecule has 0 saturated carbocycles. The van der Waals surface area contributed by atoms with Crippen molar-refractivity contribution in [3.8, 4) is 17.3 Å². The minimum atomic E-state index is 0.290. The molecule has 0 saturated heterocycles. The lowest BCUT2D eigenvalue weighted by Gasteiger charge is -2.03. The van der Waals surface area contributed by atoms with Gasteiger partial charge in [-0.15, -0.1) is 0 Å². The molecule has 0 atom stereocenters. The van der Waals surface area contributed by atoms with Crippen molar-refractivity contribution in [3.63, 3.8) is 0 Å². The topological polar surface area (TPSA) is 49.6 Å². The molecule has 0 unspecified atom stereocenters. The van der Waals surface area contributed by atoms with Crippen LogP contribution in [0.1, 0.15) is 5.69 Å². The molecule has 72 valence electrons. The van der Waals surface area contributed by atoms with Crippen LogP contribution in [-0.4, -0.2) is 9.97 Å². The Hall–Kier alpha value is -2.21. The molecule has 1 aromatic carbocycles. The fraction of sp³-hybridized carbons (Fsp3) is 0.0833. The van der Waals surface area contributed by atoms with E-state index in [0.29, 0.717) is 0 Å². The Labute approximate surface area is 88.1 Å². The van der Waals surface area contributed by atoms with Gasteiger partial charge in [0.15, 0.2) is 0 Å². The molecule has 0 radical (unpaired) electrons.